The van der Waals surface area contributed by atoms with E-state index in [1.165, 1.54) is 11.6 Å². The first-order valence-electron chi connectivity index (χ1n) is 4.93. The van der Waals surface area contributed by atoms with Crippen molar-refractivity contribution in [1.29, 1.82) is 0 Å². The van der Waals surface area contributed by atoms with Crippen LogP contribution in [0, 0.1) is 0 Å². The zero-order valence-electron chi connectivity index (χ0n) is 9.32. The van der Waals surface area contributed by atoms with E-state index in [9.17, 15) is 9.59 Å². The highest BCUT2D eigenvalue weighted by atomic mass is 79.9. The van der Waals surface area contributed by atoms with E-state index < -0.39 is 0 Å². The van der Waals surface area contributed by atoms with Gasteiger partial charge in [-0.25, -0.2) is 4.79 Å². The summed E-state index contributed by atoms with van der Waals surface area (Å²) in [6.07, 6.45) is 0. The fourth-order valence-corrected chi connectivity index (χ4v) is 2.51. The molecule has 0 radical (unpaired) electrons. The number of halogens is 1. The predicted molar refractivity (Wildman–Crippen MR) is 65.8 cm³/mol. The third kappa shape index (κ3) is 1.29. The van der Waals surface area contributed by atoms with Crippen LogP contribution in [0.25, 0.3) is 11.0 Å². The molecule has 0 aliphatic heterocycles. The predicted octanol–water partition coefficient (Wildman–Crippen LogP) is 0.821. The van der Waals surface area contributed by atoms with Crippen LogP contribution in [-0.4, -0.2) is 13.7 Å². The summed E-state index contributed by atoms with van der Waals surface area (Å²) >= 11 is 3.39. The van der Waals surface area contributed by atoms with E-state index in [-0.39, 0.29) is 11.2 Å². The summed E-state index contributed by atoms with van der Waals surface area (Å²) in [7, 11) is 3.15. The zero-order valence-corrected chi connectivity index (χ0v) is 10.9. The molecule has 2 heterocycles. The quantitative estimate of drug-likeness (QED) is 0.779. The van der Waals surface area contributed by atoms with Gasteiger partial charge in [0.05, 0.1) is 10.1 Å². The van der Waals surface area contributed by atoms with Crippen LogP contribution in [0.4, 0.5) is 0 Å². The van der Waals surface area contributed by atoms with Crippen molar-refractivity contribution in [2.45, 2.75) is 13.5 Å². The standard InChI is InChI=1S/C10H12BrN3O2/c1-4-14-7(11)5-6-8(14)9(15)13(3)10(16)12(6)2/h5H,4H2,1-3H3. The molecular formula is C10H12BrN3O2. The van der Waals surface area contributed by atoms with Crippen LogP contribution in [-0.2, 0) is 20.6 Å². The van der Waals surface area contributed by atoms with Crippen LogP contribution in [0.2, 0.25) is 0 Å². The van der Waals surface area contributed by atoms with Crippen LogP contribution >= 0.6 is 15.9 Å². The Bertz CT molecular complexity index is 678. The number of hydrogen-bond acceptors (Lipinski definition) is 2. The Morgan fingerprint density at radius 3 is 2.44 bits per heavy atom. The number of aryl methyl sites for hydroxylation is 2. The topological polar surface area (TPSA) is 48.9 Å². The minimum atomic E-state index is -0.307. The van der Waals surface area contributed by atoms with Crippen LogP contribution < -0.4 is 11.2 Å². The molecule has 0 saturated carbocycles. The molecule has 0 amide bonds. The first-order chi connectivity index (χ1) is 7.49. The van der Waals surface area contributed by atoms with E-state index in [0.717, 1.165) is 9.17 Å². The molecule has 0 aliphatic carbocycles. The maximum atomic E-state index is 12.0. The van der Waals surface area contributed by atoms with Crippen LogP contribution in [0.5, 0.6) is 0 Å². The lowest BCUT2D eigenvalue weighted by atomic mass is 10.4. The SMILES string of the molecule is CCn1c(Br)cc2c1c(=O)n(C)c(=O)n2C. The normalized spacial score (nSPS) is 11.2. The van der Waals surface area contributed by atoms with Gasteiger partial charge in [-0.15, -0.1) is 0 Å². The number of hydrogen-bond donors (Lipinski definition) is 0. The lowest BCUT2D eigenvalue weighted by Gasteiger charge is -2.06. The highest BCUT2D eigenvalue weighted by molar-refractivity contribution is 9.10. The van der Waals surface area contributed by atoms with Gasteiger partial charge in [-0.3, -0.25) is 13.9 Å². The van der Waals surface area contributed by atoms with E-state index in [1.807, 2.05) is 11.5 Å². The highest BCUT2D eigenvalue weighted by Gasteiger charge is 2.14. The second-order valence-electron chi connectivity index (χ2n) is 3.65. The van der Waals surface area contributed by atoms with Crippen molar-refractivity contribution in [3.05, 3.63) is 31.5 Å². The first kappa shape index (κ1) is 11.2. The van der Waals surface area contributed by atoms with Crippen molar-refractivity contribution in [3.8, 4) is 0 Å². The number of aromatic nitrogens is 3. The van der Waals surface area contributed by atoms with Crippen molar-refractivity contribution < 1.29 is 0 Å². The fourth-order valence-electron chi connectivity index (χ4n) is 1.87. The second-order valence-corrected chi connectivity index (χ2v) is 4.46. The first-order valence-corrected chi connectivity index (χ1v) is 5.73. The van der Waals surface area contributed by atoms with E-state index >= 15 is 0 Å². The largest absolute Gasteiger partial charge is 0.331 e. The molecule has 0 spiro atoms. The van der Waals surface area contributed by atoms with E-state index in [4.69, 9.17) is 0 Å². The van der Waals surface area contributed by atoms with Crippen LogP contribution in [0.15, 0.2) is 20.3 Å². The molecule has 6 heteroatoms. The van der Waals surface area contributed by atoms with Gasteiger partial charge in [0.2, 0.25) is 0 Å². The molecule has 2 aromatic rings. The molecule has 5 nitrogen and oxygen atoms in total. The van der Waals surface area contributed by atoms with Gasteiger partial charge in [0.1, 0.15) is 5.52 Å². The summed E-state index contributed by atoms with van der Waals surface area (Å²) in [4.78, 5) is 23.7. The van der Waals surface area contributed by atoms with Crippen molar-refractivity contribution in [1.82, 2.24) is 13.7 Å². The molecule has 0 fully saturated rings. The van der Waals surface area contributed by atoms with Gasteiger partial charge in [0, 0.05) is 20.6 Å². The third-order valence-corrected chi connectivity index (χ3v) is 3.44. The molecule has 0 bridgehead atoms. The molecule has 2 rings (SSSR count). The number of fused-ring (bicyclic) bond motifs is 1. The van der Waals surface area contributed by atoms with E-state index in [0.29, 0.717) is 17.6 Å². The Balaban J connectivity index is 3.15. The van der Waals surface area contributed by atoms with Crippen molar-refractivity contribution in [2.24, 2.45) is 14.1 Å². The summed E-state index contributed by atoms with van der Waals surface area (Å²) in [5, 5.41) is 0. The fraction of sp³-hybridized carbons (Fsp3) is 0.400. The molecule has 0 N–H and O–H groups in total. The summed E-state index contributed by atoms with van der Waals surface area (Å²) < 4.78 is 5.26. The lowest BCUT2D eigenvalue weighted by Crippen LogP contribution is -2.37. The van der Waals surface area contributed by atoms with Gasteiger partial charge in [-0.2, -0.15) is 0 Å². The van der Waals surface area contributed by atoms with E-state index in [2.05, 4.69) is 15.9 Å². The minimum absolute atomic E-state index is 0.259. The van der Waals surface area contributed by atoms with Gasteiger partial charge >= 0.3 is 5.69 Å². The van der Waals surface area contributed by atoms with Crippen molar-refractivity contribution in [3.63, 3.8) is 0 Å². The van der Waals surface area contributed by atoms with Crippen molar-refractivity contribution >= 4 is 27.0 Å². The van der Waals surface area contributed by atoms with Crippen LogP contribution in [0.1, 0.15) is 6.92 Å². The monoisotopic (exact) mass is 285 g/mol. The Hall–Kier alpha value is -1.30. The average Bonchev–Trinajstić information content (AvgIpc) is 2.60. The molecule has 2 aromatic heterocycles. The Labute approximate surface area is 100 Å². The maximum Gasteiger partial charge on any atom is 0.331 e. The van der Waals surface area contributed by atoms with E-state index in [1.54, 1.807) is 13.1 Å². The van der Waals surface area contributed by atoms with Crippen LogP contribution in [0.3, 0.4) is 0 Å². The maximum absolute atomic E-state index is 12.0. The Kier molecular flexibility index (Phi) is 2.53. The molecular weight excluding hydrogens is 274 g/mol. The zero-order chi connectivity index (χ0) is 12.0. The number of rotatable bonds is 1. The second kappa shape index (κ2) is 3.62. The summed E-state index contributed by atoms with van der Waals surface area (Å²) in [5.41, 5.74) is 0.643. The van der Waals surface area contributed by atoms with Gasteiger partial charge < -0.3 is 4.57 Å². The lowest BCUT2D eigenvalue weighted by molar-refractivity contribution is 0.698. The molecule has 0 saturated heterocycles. The van der Waals surface area contributed by atoms with Crippen molar-refractivity contribution in [2.75, 3.05) is 0 Å². The van der Waals surface area contributed by atoms with Gasteiger partial charge in [-0.1, -0.05) is 0 Å². The molecule has 0 atom stereocenters. The molecule has 86 valence electrons. The Morgan fingerprint density at radius 1 is 1.25 bits per heavy atom. The molecule has 0 aromatic carbocycles. The van der Waals surface area contributed by atoms with Gasteiger partial charge in [0.15, 0.2) is 0 Å². The highest BCUT2D eigenvalue weighted by Crippen LogP contribution is 2.19. The average molecular weight is 286 g/mol. The number of nitrogens with zero attached hydrogens (tertiary/aromatic N) is 3. The summed E-state index contributed by atoms with van der Waals surface area (Å²) in [6, 6.07) is 1.79. The molecule has 16 heavy (non-hydrogen) atoms. The molecule has 0 aliphatic rings. The minimum Gasteiger partial charge on any atom is -0.330 e. The Morgan fingerprint density at radius 2 is 1.88 bits per heavy atom. The smallest absolute Gasteiger partial charge is 0.330 e. The van der Waals surface area contributed by atoms with Gasteiger partial charge in [-0.05, 0) is 28.9 Å². The summed E-state index contributed by atoms with van der Waals surface area (Å²) in [5.74, 6) is 0. The van der Waals surface area contributed by atoms with Gasteiger partial charge in [0.25, 0.3) is 5.56 Å². The molecule has 0 unspecified atom stereocenters. The summed E-state index contributed by atoms with van der Waals surface area (Å²) in [6.45, 7) is 2.63. The third-order valence-electron chi connectivity index (χ3n) is 2.78.